The highest BCUT2D eigenvalue weighted by Gasteiger charge is 2.12. The molecule has 2 amide bonds. The van der Waals surface area contributed by atoms with Crippen molar-refractivity contribution in [1.82, 2.24) is 5.43 Å². The van der Waals surface area contributed by atoms with Crippen LogP contribution in [-0.4, -0.2) is 39.7 Å². The molecule has 0 saturated carbocycles. The van der Waals surface area contributed by atoms with Gasteiger partial charge in [-0.2, -0.15) is 5.10 Å². The van der Waals surface area contributed by atoms with Gasteiger partial charge < -0.3 is 24.7 Å². The first-order valence-corrected chi connectivity index (χ1v) is 8.77. The summed E-state index contributed by atoms with van der Waals surface area (Å²) in [7, 11) is 3.10. The number of carbonyl (C=O) groups is 1. The van der Waals surface area contributed by atoms with Crippen LogP contribution in [0.25, 0.3) is 0 Å². The zero-order valence-corrected chi connectivity index (χ0v) is 16.4. The van der Waals surface area contributed by atoms with Crippen LogP contribution in [0.3, 0.4) is 0 Å². The Morgan fingerprint density at radius 1 is 1.11 bits per heavy atom. The van der Waals surface area contributed by atoms with Crippen molar-refractivity contribution in [2.45, 2.75) is 6.42 Å². The average Bonchev–Trinajstić information content (AvgIpc) is 2.68. The van der Waals surface area contributed by atoms with E-state index in [1.165, 1.54) is 13.3 Å². The van der Waals surface area contributed by atoms with Crippen molar-refractivity contribution in [1.29, 1.82) is 0 Å². The Bertz CT molecular complexity index is 829. The highest BCUT2D eigenvalue weighted by molar-refractivity contribution is 6.32. The lowest BCUT2D eigenvalue weighted by Gasteiger charge is -2.14. The molecule has 2 rings (SSSR count). The van der Waals surface area contributed by atoms with Gasteiger partial charge in [0.15, 0.2) is 23.0 Å². The Kier molecular flexibility index (Phi) is 8.23. The predicted molar refractivity (Wildman–Crippen MR) is 107 cm³/mol. The molecule has 0 heterocycles. The fraction of sp³-hybridized carbons (Fsp3) is 0.263. The molecule has 0 saturated heterocycles. The summed E-state index contributed by atoms with van der Waals surface area (Å²) in [6, 6.07) is 9.98. The number of hydrogen-bond acceptors (Lipinski definition) is 6. The third kappa shape index (κ3) is 6.24. The second-order valence-corrected chi connectivity index (χ2v) is 5.88. The van der Waals surface area contributed by atoms with E-state index in [4.69, 9.17) is 36.3 Å². The molecule has 0 aliphatic heterocycles. The minimum atomic E-state index is -0.760. The molecule has 2 aromatic carbocycles. The zero-order chi connectivity index (χ0) is 20.4. The number of rotatable bonds is 10. The maximum Gasteiger partial charge on any atom is 0.332 e. The highest BCUT2D eigenvalue weighted by Crippen LogP contribution is 2.36. The van der Waals surface area contributed by atoms with Crippen LogP contribution in [0.5, 0.6) is 23.0 Å². The van der Waals surface area contributed by atoms with Crippen molar-refractivity contribution >= 4 is 23.8 Å². The molecule has 9 heteroatoms. The molecule has 0 aliphatic rings. The van der Waals surface area contributed by atoms with Crippen LogP contribution in [0.1, 0.15) is 12.0 Å². The minimum absolute atomic E-state index is 0.352. The van der Waals surface area contributed by atoms with Crippen molar-refractivity contribution in [3.05, 3.63) is 47.0 Å². The zero-order valence-electron chi connectivity index (χ0n) is 15.6. The number of nitrogens with two attached hydrogens (primary N) is 1. The van der Waals surface area contributed by atoms with Crippen LogP contribution >= 0.6 is 11.6 Å². The van der Waals surface area contributed by atoms with Crippen LogP contribution in [0, 0.1) is 0 Å². The molecule has 28 heavy (non-hydrogen) atoms. The van der Waals surface area contributed by atoms with Gasteiger partial charge in [-0.3, -0.25) is 0 Å². The van der Waals surface area contributed by atoms with E-state index in [2.05, 4.69) is 10.5 Å². The van der Waals surface area contributed by atoms with E-state index in [0.29, 0.717) is 53.2 Å². The predicted octanol–water partition coefficient (Wildman–Crippen LogP) is 3.21. The van der Waals surface area contributed by atoms with Gasteiger partial charge in [-0.25, -0.2) is 10.2 Å². The normalized spacial score (nSPS) is 10.5. The largest absolute Gasteiger partial charge is 0.493 e. The number of halogens is 1. The maximum absolute atomic E-state index is 10.6. The number of primary amides is 1. The highest BCUT2D eigenvalue weighted by atomic mass is 35.5. The van der Waals surface area contributed by atoms with Crippen molar-refractivity contribution in [3.63, 3.8) is 0 Å². The lowest BCUT2D eigenvalue weighted by molar-refractivity contribution is 0.235. The van der Waals surface area contributed by atoms with Gasteiger partial charge in [0, 0.05) is 6.42 Å². The molecule has 8 nitrogen and oxygen atoms in total. The number of carbonyl (C=O) groups excluding carboxylic acids is 1. The number of amides is 2. The van der Waals surface area contributed by atoms with Gasteiger partial charge >= 0.3 is 6.03 Å². The van der Waals surface area contributed by atoms with Crippen molar-refractivity contribution in [2.75, 3.05) is 27.4 Å². The Labute approximate surface area is 168 Å². The first-order chi connectivity index (χ1) is 13.5. The number of benzene rings is 2. The molecule has 0 spiro atoms. The maximum atomic E-state index is 10.6. The number of ether oxygens (including phenoxy) is 4. The molecule has 0 atom stereocenters. The molecule has 0 unspecified atom stereocenters. The molecule has 0 bridgehead atoms. The summed E-state index contributed by atoms with van der Waals surface area (Å²) in [5.74, 6) is 2.21. The molecular formula is C19H22ClN3O5. The molecule has 0 fully saturated rings. The molecule has 0 aromatic heterocycles. The summed E-state index contributed by atoms with van der Waals surface area (Å²) in [5, 5.41) is 4.04. The third-order valence-electron chi connectivity index (χ3n) is 3.50. The van der Waals surface area contributed by atoms with Crippen molar-refractivity contribution in [3.8, 4) is 23.0 Å². The topological polar surface area (TPSA) is 104 Å². The fourth-order valence-corrected chi connectivity index (χ4v) is 2.55. The number of methoxy groups -OCH3 is 2. The van der Waals surface area contributed by atoms with E-state index < -0.39 is 6.03 Å². The number of hydrogen-bond donors (Lipinski definition) is 2. The number of hydrazone groups is 1. The Morgan fingerprint density at radius 2 is 1.79 bits per heavy atom. The van der Waals surface area contributed by atoms with Crippen molar-refractivity contribution in [2.24, 2.45) is 10.8 Å². The van der Waals surface area contributed by atoms with Gasteiger partial charge in [0.05, 0.1) is 38.7 Å². The first kappa shape index (κ1) is 21.2. The van der Waals surface area contributed by atoms with Crippen molar-refractivity contribution < 1.29 is 23.7 Å². The number of urea groups is 1. The molecule has 0 aliphatic carbocycles. The molecule has 0 radical (unpaired) electrons. The summed E-state index contributed by atoms with van der Waals surface area (Å²) in [6.07, 6.45) is 2.02. The van der Waals surface area contributed by atoms with Crippen LogP contribution in [0.15, 0.2) is 41.5 Å². The van der Waals surface area contributed by atoms with Crippen LogP contribution < -0.4 is 30.1 Å². The Morgan fingerprint density at radius 3 is 2.46 bits per heavy atom. The number of nitrogens with one attached hydrogen (secondary N) is 1. The lowest BCUT2D eigenvalue weighted by atomic mass is 10.2. The van der Waals surface area contributed by atoms with Gasteiger partial charge in [0.25, 0.3) is 0 Å². The number of para-hydroxylation sites is 2. The Hall–Kier alpha value is -3.13. The third-order valence-corrected chi connectivity index (χ3v) is 3.78. The van der Waals surface area contributed by atoms with Gasteiger partial charge in [-0.05, 0) is 29.8 Å². The summed E-state index contributed by atoms with van der Waals surface area (Å²) in [5.41, 5.74) is 7.67. The molecule has 150 valence electrons. The van der Waals surface area contributed by atoms with Crippen LogP contribution in [0.4, 0.5) is 4.79 Å². The second kappa shape index (κ2) is 10.9. The standard InChI is InChI=1S/C19H22ClN3O5/c1-25-15-6-3-4-7-16(15)27-8-5-9-28-18-14(20)10-13(11-17(18)26-2)12-22-23-19(21)24/h3-4,6-7,10-12H,5,8-9H2,1-2H3,(H3,21,23,24). The fourth-order valence-electron chi connectivity index (χ4n) is 2.28. The summed E-state index contributed by atoms with van der Waals surface area (Å²) >= 11 is 6.28. The van der Waals surface area contributed by atoms with Gasteiger partial charge in [-0.15, -0.1) is 0 Å². The van der Waals surface area contributed by atoms with E-state index >= 15 is 0 Å². The monoisotopic (exact) mass is 407 g/mol. The molecule has 3 N–H and O–H groups in total. The first-order valence-electron chi connectivity index (χ1n) is 8.39. The van der Waals surface area contributed by atoms with Crippen LogP contribution in [0.2, 0.25) is 5.02 Å². The van der Waals surface area contributed by atoms with E-state index in [1.807, 2.05) is 24.3 Å². The van der Waals surface area contributed by atoms with Gasteiger partial charge in [0.1, 0.15) is 0 Å². The minimum Gasteiger partial charge on any atom is -0.493 e. The van der Waals surface area contributed by atoms with E-state index in [1.54, 1.807) is 19.2 Å². The summed E-state index contributed by atoms with van der Waals surface area (Å²) < 4.78 is 22.0. The average molecular weight is 408 g/mol. The van der Waals surface area contributed by atoms with Gasteiger partial charge in [0.2, 0.25) is 0 Å². The summed E-state index contributed by atoms with van der Waals surface area (Å²) in [4.78, 5) is 10.6. The molecule has 2 aromatic rings. The molecular weight excluding hydrogens is 386 g/mol. The number of nitrogens with zero attached hydrogens (tertiary/aromatic N) is 1. The quantitative estimate of drug-likeness (QED) is 0.357. The van der Waals surface area contributed by atoms with E-state index in [0.717, 1.165) is 0 Å². The SMILES string of the molecule is COc1ccccc1OCCCOc1c(Cl)cc(C=NNC(N)=O)cc1OC. The van der Waals surface area contributed by atoms with E-state index in [9.17, 15) is 4.79 Å². The smallest absolute Gasteiger partial charge is 0.332 e. The van der Waals surface area contributed by atoms with Crippen LogP contribution in [-0.2, 0) is 0 Å². The van der Waals surface area contributed by atoms with Gasteiger partial charge in [-0.1, -0.05) is 23.7 Å². The second-order valence-electron chi connectivity index (χ2n) is 5.47. The summed E-state index contributed by atoms with van der Waals surface area (Å²) in [6.45, 7) is 0.825. The lowest BCUT2D eigenvalue weighted by Crippen LogP contribution is -2.24. The van der Waals surface area contributed by atoms with E-state index in [-0.39, 0.29) is 0 Å². The Balaban J connectivity index is 1.91.